The highest BCUT2D eigenvalue weighted by molar-refractivity contribution is 9.10. The van der Waals surface area contributed by atoms with Crippen LogP contribution in [0.3, 0.4) is 0 Å². The number of carbonyl (C=O) groups is 1. The molecule has 122 valence electrons. The lowest BCUT2D eigenvalue weighted by Gasteiger charge is -1.99. The Labute approximate surface area is 158 Å². The molecule has 0 atom stereocenters. The molecule has 0 amide bonds. The number of carbonyl (C=O) groups excluding carboxylic acids is 1. The van der Waals surface area contributed by atoms with Gasteiger partial charge in [0.05, 0.1) is 4.47 Å². The summed E-state index contributed by atoms with van der Waals surface area (Å²) in [5.41, 5.74) is 0.503. The van der Waals surface area contributed by atoms with Gasteiger partial charge in [-0.25, -0.2) is 0 Å². The first-order valence-corrected chi connectivity index (χ1v) is 9.02. The summed E-state index contributed by atoms with van der Waals surface area (Å²) < 4.78 is 6.55. The molecule has 0 saturated heterocycles. The Bertz CT molecular complexity index is 956. The summed E-state index contributed by atoms with van der Waals surface area (Å²) in [5, 5.41) is 10.0. The van der Waals surface area contributed by atoms with Crippen molar-refractivity contribution in [2.45, 2.75) is 9.99 Å². The second kappa shape index (κ2) is 8.02. The first-order valence-electron chi connectivity index (χ1n) is 7.41. The number of furan rings is 1. The average molecular weight is 410 g/mol. The summed E-state index contributed by atoms with van der Waals surface area (Å²) in [6.07, 6.45) is 1.47. The lowest BCUT2D eigenvalue weighted by Crippen LogP contribution is -2.01. The minimum absolute atomic E-state index is 0.0312. The van der Waals surface area contributed by atoms with Crippen LogP contribution >= 0.6 is 27.7 Å². The van der Waals surface area contributed by atoms with Crippen LogP contribution in [0.5, 0.6) is 0 Å². The molecule has 0 spiro atoms. The van der Waals surface area contributed by atoms with Crippen molar-refractivity contribution in [3.05, 3.63) is 88.1 Å². The number of benzene rings is 2. The summed E-state index contributed by atoms with van der Waals surface area (Å²) in [5.74, 6) is 0.124. The number of ketones is 1. The van der Waals surface area contributed by atoms with Crippen LogP contribution in [0.4, 0.5) is 0 Å². The highest BCUT2D eigenvalue weighted by Crippen LogP contribution is 2.36. The quantitative estimate of drug-likeness (QED) is 0.295. The van der Waals surface area contributed by atoms with Crippen LogP contribution in [0.2, 0.25) is 0 Å². The first kappa shape index (κ1) is 17.3. The molecular formula is C20H12BrNO2S. The van der Waals surface area contributed by atoms with Gasteiger partial charge in [-0.15, -0.1) is 0 Å². The monoisotopic (exact) mass is 409 g/mol. The van der Waals surface area contributed by atoms with Crippen molar-refractivity contribution in [1.29, 1.82) is 5.26 Å². The molecule has 0 aliphatic heterocycles. The second-order valence-electron chi connectivity index (χ2n) is 5.06. The van der Waals surface area contributed by atoms with Gasteiger partial charge in [-0.3, -0.25) is 4.79 Å². The first-order chi connectivity index (χ1) is 12.2. The second-order valence-corrected chi connectivity index (χ2v) is 6.96. The maximum absolute atomic E-state index is 12.4. The summed E-state index contributed by atoms with van der Waals surface area (Å²) in [4.78, 5) is 13.4. The zero-order valence-electron chi connectivity index (χ0n) is 13.0. The van der Waals surface area contributed by atoms with Gasteiger partial charge in [0.25, 0.3) is 0 Å². The van der Waals surface area contributed by atoms with E-state index in [0.717, 1.165) is 9.37 Å². The van der Waals surface area contributed by atoms with Gasteiger partial charge in [0.2, 0.25) is 5.78 Å². The van der Waals surface area contributed by atoms with Crippen molar-refractivity contribution in [2.75, 3.05) is 0 Å². The van der Waals surface area contributed by atoms with Crippen molar-refractivity contribution in [3.63, 3.8) is 0 Å². The molecule has 0 fully saturated rings. The molecule has 2 aromatic carbocycles. The van der Waals surface area contributed by atoms with E-state index in [9.17, 15) is 10.1 Å². The predicted molar refractivity (Wildman–Crippen MR) is 101 cm³/mol. The molecule has 1 heterocycles. The van der Waals surface area contributed by atoms with E-state index < -0.39 is 0 Å². The number of hydrogen-bond donors (Lipinski definition) is 0. The molecule has 0 aliphatic rings. The molecule has 3 nitrogen and oxygen atoms in total. The zero-order valence-corrected chi connectivity index (χ0v) is 15.4. The highest BCUT2D eigenvalue weighted by atomic mass is 79.9. The summed E-state index contributed by atoms with van der Waals surface area (Å²) >= 11 is 4.92. The molecule has 3 aromatic rings. The molecule has 0 saturated carbocycles. The Balaban J connectivity index is 1.86. The minimum Gasteiger partial charge on any atom is -0.449 e. The van der Waals surface area contributed by atoms with Crippen LogP contribution in [0, 0.1) is 11.3 Å². The molecule has 25 heavy (non-hydrogen) atoms. The third-order valence-corrected chi connectivity index (χ3v) is 5.16. The Morgan fingerprint density at radius 2 is 1.72 bits per heavy atom. The number of allylic oxidation sites excluding steroid dienone is 1. The number of Topliss-reactive ketones (excluding diaryl/α,β-unsaturated/α-hetero) is 1. The van der Waals surface area contributed by atoms with Gasteiger partial charge in [-0.1, -0.05) is 60.3 Å². The van der Waals surface area contributed by atoms with Gasteiger partial charge < -0.3 is 4.42 Å². The fourth-order valence-corrected chi connectivity index (χ4v) is 3.49. The zero-order chi connectivity index (χ0) is 17.6. The third kappa shape index (κ3) is 4.30. The Kier molecular flexibility index (Phi) is 5.54. The van der Waals surface area contributed by atoms with E-state index in [1.807, 2.05) is 42.5 Å². The van der Waals surface area contributed by atoms with Gasteiger partial charge >= 0.3 is 0 Å². The number of hydrogen-bond acceptors (Lipinski definition) is 4. The lowest BCUT2D eigenvalue weighted by molar-refractivity contribution is 0.104. The van der Waals surface area contributed by atoms with Crippen LogP contribution in [-0.4, -0.2) is 5.78 Å². The van der Waals surface area contributed by atoms with E-state index in [4.69, 9.17) is 4.42 Å². The SMILES string of the molecule is N#CC(=Cc1cc(Br)c(Sc2ccccc2)o1)C(=O)c1ccccc1. The molecule has 5 heteroatoms. The average Bonchev–Trinajstić information content (AvgIpc) is 3.00. The van der Waals surface area contributed by atoms with Gasteiger partial charge in [0.15, 0.2) is 5.09 Å². The van der Waals surface area contributed by atoms with Gasteiger partial charge in [0, 0.05) is 16.5 Å². The molecule has 0 radical (unpaired) electrons. The van der Waals surface area contributed by atoms with Crippen molar-refractivity contribution in [3.8, 4) is 6.07 Å². The van der Waals surface area contributed by atoms with Crippen molar-refractivity contribution >= 4 is 39.6 Å². The highest BCUT2D eigenvalue weighted by Gasteiger charge is 2.15. The van der Waals surface area contributed by atoms with Crippen LogP contribution in [0.15, 0.2) is 91.2 Å². The summed E-state index contributed by atoms with van der Waals surface area (Å²) in [6.45, 7) is 0. The van der Waals surface area contributed by atoms with Gasteiger partial charge in [0.1, 0.15) is 17.4 Å². The molecule has 0 bridgehead atoms. The number of nitrogens with zero attached hydrogens (tertiary/aromatic N) is 1. The summed E-state index contributed by atoms with van der Waals surface area (Å²) in [6, 6.07) is 22.2. The molecule has 0 aliphatic carbocycles. The number of rotatable bonds is 5. The fraction of sp³-hybridized carbons (Fsp3) is 0. The molecule has 0 N–H and O–H groups in total. The fourth-order valence-electron chi connectivity index (χ4n) is 2.14. The molecular weight excluding hydrogens is 398 g/mol. The molecule has 1 aromatic heterocycles. The largest absolute Gasteiger partial charge is 0.449 e. The maximum Gasteiger partial charge on any atom is 0.203 e. The van der Waals surface area contributed by atoms with E-state index >= 15 is 0 Å². The lowest BCUT2D eigenvalue weighted by atomic mass is 10.0. The maximum atomic E-state index is 12.4. The Morgan fingerprint density at radius 1 is 1.08 bits per heavy atom. The Morgan fingerprint density at radius 3 is 2.36 bits per heavy atom. The smallest absolute Gasteiger partial charge is 0.203 e. The van der Waals surface area contributed by atoms with E-state index in [2.05, 4.69) is 15.9 Å². The minimum atomic E-state index is -0.326. The standard InChI is InChI=1S/C20H12BrNO2S/c21-18-12-16(24-20(18)25-17-9-5-2-6-10-17)11-15(13-22)19(23)14-7-3-1-4-8-14/h1-12H. The van der Waals surface area contributed by atoms with Crippen molar-refractivity contribution < 1.29 is 9.21 Å². The van der Waals surface area contributed by atoms with E-state index in [1.165, 1.54) is 17.8 Å². The topological polar surface area (TPSA) is 54.0 Å². The van der Waals surface area contributed by atoms with Gasteiger partial charge in [-0.2, -0.15) is 5.26 Å². The van der Waals surface area contributed by atoms with Crippen LogP contribution in [-0.2, 0) is 0 Å². The van der Waals surface area contributed by atoms with Crippen molar-refractivity contribution in [2.24, 2.45) is 0 Å². The summed E-state index contributed by atoms with van der Waals surface area (Å²) in [7, 11) is 0. The molecule has 3 rings (SSSR count). The van der Waals surface area contributed by atoms with E-state index in [-0.39, 0.29) is 11.4 Å². The van der Waals surface area contributed by atoms with Crippen LogP contribution in [0.25, 0.3) is 6.08 Å². The number of halogens is 1. The molecule has 0 unspecified atom stereocenters. The van der Waals surface area contributed by atoms with E-state index in [0.29, 0.717) is 16.4 Å². The van der Waals surface area contributed by atoms with E-state index in [1.54, 1.807) is 30.3 Å². The van der Waals surface area contributed by atoms with Crippen LogP contribution < -0.4 is 0 Å². The predicted octanol–water partition coefficient (Wildman–Crippen LogP) is 5.98. The Hall–Kier alpha value is -2.55. The number of nitriles is 1. The van der Waals surface area contributed by atoms with Gasteiger partial charge in [-0.05, 0) is 34.1 Å². The van der Waals surface area contributed by atoms with Crippen molar-refractivity contribution in [1.82, 2.24) is 0 Å². The third-order valence-electron chi connectivity index (χ3n) is 3.32. The van der Waals surface area contributed by atoms with Crippen LogP contribution in [0.1, 0.15) is 16.1 Å². The normalized spacial score (nSPS) is 11.1.